The summed E-state index contributed by atoms with van der Waals surface area (Å²) in [5.74, 6) is 0.633. The van der Waals surface area contributed by atoms with Gasteiger partial charge in [-0.3, -0.25) is 0 Å². The third kappa shape index (κ3) is 4.65. The number of fused-ring (bicyclic) bond motifs is 6. The molecule has 4 heteroatoms. The molecule has 0 N–H and O–H groups in total. The van der Waals surface area contributed by atoms with E-state index in [-0.39, 0.29) is 0 Å². The first-order valence-corrected chi connectivity index (χ1v) is 15.9. The van der Waals surface area contributed by atoms with Gasteiger partial charge in [-0.2, -0.15) is 5.26 Å². The van der Waals surface area contributed by atoms with Gasteiger partial charge in [0.05, 0.1) is 34.1 Å². The molecule has 2 aromatic heterocycles. The Morgan fingerprint density at radius 2 is 0.938 bits per heavy atom. The number of benzene rings is 7. The van der Waals surface area contributed by atoms with Gasteiger partial charge in [0.15, 0.2) is 5.82 Å². The Hall–Kier alpha value is -6.70. The zero-order valence-electron chi connectivity index (χ0n) is 25.8. The molecular formula is C44H26N4. The minimum Gasteiger partial charge on any atom is -0.246 e. The van der Waals surface area contributed by atoms with Crippen LogP contribution in [-0.2, 0) is 0 Å². The molecule has 0 unspecified atom stereocenters. The van der Waals surface area contributed by atoms with Crippen LogP contribution in [0.15, 0.2) is 158 Å². The standard InChI is InChI=1S/C44H26N4/c45-27-28-10-8-15-32(24-28)39-26-40(47-44(46-39)31-13-2-1-3-14-31)33-16-9-17-34(25-33)41-37-22-20-29-11-4-6-18-35(29)42(37)48-43-36-19-7-5-12-30(36)21-23-38(41)43/h1-26H. The van der Waals surface area contributed by atoms with Crippen LogP contribution in [0, 0.1) is 11.3 Å². The maximum Gasteiger partial charge on any atom is 0.160 e. The molecule has 0 radical (unpaired) electrons. The van der Waals surface area contributed by atoms with E-state index in [0.717, 1.165) is 71.8 Å². The van der Waals surface area contributed by atoms with Gasteiger partial charge in [0.1, 0.15) is 0 Å². The quantitative estimate of drug-likeness (QED) is 0.147. The monoisotopic (exact) mass is 610 g/mol. The normalized spacial score (nSPS) is 11.3. The van der Waals surface area contributed by atoms with E-state index in [9.17, 15) is 5.26 Å². The molecule has 0 fully saturated rings. The largest absolute Gasteiger partial charge is 0.246 e. The zero-order chi connectivity index (χ0) is 32.0. The molecule has 4 nitrogen and oxygen atoms in total. The highest BCUT2D eigenvalue weighted by Gasteiger charge is 2.17. The molecule has 0 spiro atoms. The second-order valence-corrected chi connectivity index (χ2v) is 12.0. The molecule has 2 heterocycles. The van der Waals surface area contributed by atoms with Crippen LogP contribution in [-0.4, -0.2) is 15.0 Å². The van der Waals surface area contributed by atoms with Crippen molar-refractivity contribution in [3.8, 4) is 51.1 Å². The highest BCUT2D eigenvalue weighted by Crippen LogP contribution is 2.41. The Bertz CT molecular complexity index is 2650. The third-order valence-corrected chi connectivity index (χ3v) is 9.06. The van der Waals surface area contributed by atoms with Crippen molar-refractivity contribution in [1.82, 2.24) is 15.0 Å². The van der Waals surface area contributed by atoms with E-state index in [0.29, 0.717) is 11.4 Å². The summed E-state index contributed by atoms with van der Waals surface area (Å²) in [6.45, 7) is 0. The smallest absolute Gasteiger partial charge is 0.160 e. The number of hydrogen-bond donors (Lipinski definition) is 0. The van der Waals surface area contributed by atoms with Crippen LogP contribution < -0.4 is 0 Å². The fourth-order valence-electron chi connectivity index (χ4n) is 6.76. The Morgan fingerprint density at radius 1 is 0.396 bits per heavy atom. The molecule has 7 aromatic carbocycles. The number of hydrogen-bond acceptors (Lipinski definition) is 4. The van der Waals surface area contributed by atoms with Gasteiger partial charge in [-0.05, 0) is 40.6 Å². The third-order valence-electron chi connectivity index (χ3n) is 9.06. The lowest BCUT2D eigenvalue weighted by molar-refractivity contribution is 1.18. The lowest BCUT2D eigenvalue weighted by atomic mass is 9.91. The Labute approximate surface area is 277 Å². The first-order chi connectivity index (χ1) is 23.7. The molecule has 48 heavy (non-hydrogen) atoms. The molecule has 0 aliphatic rings. The lowest BCUT2D eigenvalue weighted by Crippen LogP contribution is -1.96. The van der Waals surface area contributed by atoms with E-state index in [1.54, 1.807) is 0 Å². The first kappa shape index (κ1) is 27.6. The molecule has 222 valence electrons. The summed E-state index contributed by atoms with van der Waals surface area (Å²) in [5, 5.41) is 16.4. The molecule has 0 saturated carbocycles. The summed E-state index contributed by atoms with van der Waals surface area (Å²) in [4.78, 5) is 15.4. The number of pyridine rings is 1. The SMILES string of the molecule is N#Cc1cccc(-c2cc(-c3cccc(-c4c5ccc6ccccc6c5nc5c4ccc4ccccc45)c3)nc(-c3ccccc3)n2)c1. The van der Waals surface area contributed by atoms with Gasteiger partial charge in [0.25, 0.3) is 0 Å². The Kier molecular flexibility index (Phi) is 6.48. The van der Waals surface area contributed by atoms with E-state index in [1.807, 2.05) is 60.7 Å². The Balaban J connectivity index is 1.31. The van der Waals surface area contributed by atoms with Gasteiger partial charge < -0.3 is 0 Å². The van der Waals surface area contributed by atoms with E-state index in [1.165, 1.54) is 10.8 Å². The summed E-state index contributed by atoms with van der Waals surface area (Å²) in [7, 11) is 0. The van der Waals surface area contributed by atoms with Crippen molar-refractivity contribution >= 4 is 43.4 Å². The van der Waals surface area contributed by atoms with Crippen LogP contribution in [0.1, 0.15) is 5.56 Å². The Morgan fingerprint density at radius 3 is 1.58 bits per heavy atom. The topological polar surface area (TPSA) is 62.5 Å². The predicted molar refractivity (Wildman–Crippen MR) is 196 cm³/mol. The number of nitrogens with zero attached hydrogens (tertiary/aromatic N) is 4. The fraction of sp³-hybridized carbons (Fsp3) is 0. The summed E-state index contributed by atoms with van der Waals surface area (Å²) in [6, 6.07) is 56.2. The van der Waals surface area contributed by atoms with Gasteiger partial charge in [-0.1, -0.05) is 133 Å². The van der Waals surface area contributed by atoms with Gasteiger partial charge >= 0.3 is 0 Å². The van der Waals surface area contributed by atoms with E-state index in [2.05, 4.69) is 103 Å². The van der Waals surface area contributed by atoms with Gasteiger partial charge in [-0.25, -0.2) is 15.0 Å². The number of nitriles is 1. The molecule has 0 aliphatic carbocycles. The average molecular weight is 611 g/mol. The van der Waals surface area contributed by atoms with Crippen molar-refractivity contribution in [2.24, 2.45) is 0 Å². The number of rotatable bonds is 4. The fourth-order valence-corrected chi connectivity index (χ4v) is 6.76. The zero-order valence-corrected chi connectivity index (χ0v) is 25.8. The maximum atomic E-state index is 9.59. The van der Waals surface area contributed by atoms with Crippen molar-refractivity contribution in [2.45, 2.75) is 0 Å². The van der Waals surface area contributed by atoms with Gasteiger partial charge in [-0.15, -0.1) is 0 Å². The molecule has 9 aromatic rings. The van der Waals surface area contributed by atoms with E-state index in [4.69, 9.17) is 15.0 Å². The van der Waals surface area contributed by atoms with Crippen LogP contribution in [0.2, 0.25) is 0 Å². The summed E-state index contributed by atoms with van der Waals surface area (Å²) < 4.78 is 0. The molecule has 0 aliphatic heterocycles. The van der Waals surface area contributed by atoms with E-state index < -0.39 is 0 Å². The second kappa shape index (κ2) is 11.3. The van der Waals surface area contributed by atoms with Crippen molar-refractivity contribution in [3.05, 3.63) is 163 Å². The van der Waals surface area contributed by atoms with E-state index >= 15 is 0 Å². The van der Waals surface area contributed by atoms with Crippen LogP contribution in [0.25, 0.3) is 88.4 Å². The van der Waals surface area contributed by atoms with Crippen molar-refractivity contribution in [2.75, 3.05) is 0 Å². The average Bonchev–Trinajstić information content (AvgIpc) is 3.17. The number of aromatic nitrogens is 3. The molecule has 9 rings (SSSR count). The maximum absolute atomic E-state index is 9.59. The van der Waals surface area contributed by atoms with Gasteiger partial charge in [0.2, 0.25) is 0 Å². The molecule has 0 saturated heterocycles. The minimum absolute atomic E-state index is 0.590. The minimum atomic E-state index is 0.590. The van der Waals surface area contributed by atoms with Crippen molar-refractivity contribution < 1.29 is 0 Å². The summed E-state index contributed by atoms with van der Waals surface area (Å²) in [5.41, 5.74) is 9.15. The second-order valence-electron chi connectivity index (χ2n) is 12.0. The molecule has 0 atom stereocenters. The van der Waals surface area contributed by atoms with Crippen LogP contribution in [0.5, 0.6) is 0 Å². The van der Waals surface area contributed by atoms with Crippen LogP contribution >= 0.6 is 0 Å². The van der Waals surface area contributed by atoms with Crippen LogP contribution in [0.3, 0.4) is 0 Å². The highest BCUT2D eigenvalue weighted by molar-refractivity contribution is 6.21. The lowest BCUT2D eigenvalue weighted by Gasteiger charge is -2.16. The van der Waals surface area contributed by atoms with Crippen molar-refractivity contribution in [1.29, 1.82) is 5.26 Å². The molecule has 0 bridgehead atoms. The predicted octanol–water partition coefficient (Wildman–Crippen LogP) is 11.0. The molecular weight excluding hydrogens is 585 g/mol. The van der Waals surface area contributed by atoms with Crippen molar-refractivity contribution in [3.63, 3.8) is 0 Å². The summed E-state index contributed by atoms with van der Waals surface area (Å²) >= 11 is 0. The van der Waals surface area contributed by atoms with Gasteiger partial charge in [0, 0.05) is 43.8 Å². The van der Waals surface area contributed by atoms with Crippen LogP contribution in [0.4, 0.5) is 0 Å². The highest BCUT2D eigenvalue weighted by atomic mass is 14.9. The first-order valence-electron chi connectivity index (χ1n) is 15.9. The molecule has 0 amide bonds. The summed E-state index contributed by atoms with van der Waals surface area (Å²) in [6.07, 6.45) is 0.